The lowest BCUT2D eigenvalue weighted by Gasteiger charge is -2.21. The molecule has 2 aromatic rings. The van der Waals surface area contributed by atoms with Crippen LogP contribution < -0.4 is 20.1 Å². The third-order valence-corrected chi connectivity index (χ3v) is 5.03. The molecule has 2 fully saturated rings. The lowest BCUT2D eigenvalue weighted by molar-refractivity contribution is 0.0931. The number of nitrogens with one attached hydrogen (secondary N) is 2. The molecule has 5 nitrogen and oxygen atoms in total. The second-order valence-corrected chi connectivity index (χ2v) is 6.67. The van der Waals surface area contributed by atoms with Gasteiger partial charge in [-0.25, -0.2) is 0 Å². The van der Waals surface area contributed by atoms with Crippen LogP contribution >= 0.6 is 0 Å². The zero-order valence-corrected chi connectivity index (χ0v) is 14.2. The van der Waals surface area contributed by atoms with Crippen molar-refractivity contribution in [3.05, 3.63) is 54.1 Å². The molecule has 3 atom stereocenters. The fourth-order valence-corrected chi connectivity index (χ4v) is 3.69. The Labute approximate surface area is 147 Å². The Balaban J connectivity index is 1.36. The number of carbonyl (C=O) groups is 1. The summed E-state index contributed by atoms with van der Waals surface area (Å²) in [6.45, 7) is 0. The molecule has 130 valence electrons. The maximum Gasteiger partial charge on any atom is 0.251 e. The van der Waals surface area contributed by atoms with Crippen LogP contribution in [-0.4, -0.2) is 31.1 Å². The van der Waals surface area contributed by atoms with Crippen molar-refractivity contribution in [2.24, 2.45) is 0 Å². The Morgan fingerprint density at radius 3 is 2.20 bits per heavy atom. The highest BCUT2D eigenvalue weighted by Gasteiger charge is 2.39. The van der Waals surface area contributed by atoms with E-state index in [1.54, 1.807) is 19.2 Å². The molecule has 2 bridgehead atoms. The van der Waals surface area contributed by atoms with Crippen molar-refractivity contribution in [1.82, 2.24) is 10.6 Å². The van der Waals surface area contributed by atoms with Crippen molar-refractivity contribution in [1.29, 1.82) is 0 Å². The van der Waals surface area contributed by atoms with Gasteiger partial charge in [-0.15, -0.1) is 0 Å². The molecule has 0 unspecified atom stereocenters. The Morgan fingerprint density at radius 1 is 1.00 bits per heavy atom. The second-order valence-electron chi connectivity index (χ2n) is 6.67. The van der Waals surface area contributed by atoms with Crippen LogP contribution in [0.3, 0.4) is 0 Å². The Morgan fingerprint density at radius 2 is 1.64 bits per heavy atom. The molecule has 0 spiro atoms. The summed E-state index contributed by atoms with van der Waals surface area (Å²) in [5.74, 6) is 2.19. The van der Waals surface area contributed by atoms with E-state index in [4.69, 9.17) is 9.47 Å². The van der Waals surface area contributed by atoms with Gasteiger partial charge in [-0.2, -0.15) is 0 Å². The number of ether oxygens (including phenoxy) is 2. The van der Waals surface area contributed by atoms with Gasteiger partial charge in [0.15, 0.2) is 0 Å². The van der Waals surface area contributed by atoms with Crippen LogP contribution in [0.4, 0.5) is 0 Å². The van der Waals surface area contributed by atoms with Crippen molar-refractivity contribution in [2.45, 2.75) is 37.4 Å². The normalized spacial score (nSPS) is 24.1. The second kappa shape index (κ2) is 6.76. The van der Waals surface area contributed by atoms with Crippen molar-refractivity contribution < 1.29 is 14.3 Å². The first-order chi connectivity index (χ1) is 12.2. The van der Waals surface area contributed by atoms with Gasteiger partial charge in [-0.05, 0) is 67.8 Å². The molecular formula is C20H22N2O3. The molecule has 0 radical (unpaired) electrons. The van der Waals surface area contributed by atoms with E-state index in [0.717, 1.165) is 24.3 Å². The minimum absolute atomic E-state index is 0.0182. The molecule has 2 aliphatic rings. The van der Waals surface area contributed by atoms with E-state index >= 15 is 0 Å². The van der Waals surface area contributed by atoms with Crippen molar-refractivity contribution in [3.63, 3.8) is 0 Å². The fraction of sp³-hybridized carbons (Fsp3) is 0.350. The van der Waals surface area contributed by atoms with E-state index in [2.05, 4.69) is 10.6 Å². The summed E-state index contributed by atoms with van der Waals surface area (Å²) in [5.41, 5.74) is 0.657. The van der Waals surface area contributed by atoms with E-state index in [9.17, 15) is 4.79 Å². The zero-order valence-electron chi connectivity index (χ0n) is 14.2. The zero-order chi connectivity index (χ0) is 17.2. The third kappa shape index (κ3) is 3.46. The number of hydrogen-bond donors (Lipinski definition) is 2. The summed E-state index contributed by atoms with van der Waals surface area (Å²) in [6, 6.07) is 15.9. The molecule has 5 heteroatoms. The van der Waals surface area contributed by atoms with Crippen molar-refractivity contribution in [2.75, 3.05) is 7.11 Å². The number of carbonyl (C=O) groups excluding carboxylic acids is 1. The Bertz CT molecular complexity index is 743. The minimum atomic E-state index is -0.0182. The lowest BCUT2D eigenvalue weighted by Crippen LogP contribution is -2.42. The quantitative estimate of drug-likeness (QED) is 0.879. The van der Waals surface area contributed by atoms with Crippen LogP contribution in [0.5, 0.6) is 17.2 Å². The van der Waals surface area contributed by atoms with Gasteiger partial charge in [0.1, 0.15) is 17.2 Å². The summed E-state index contributed by atoms with van der Waals surface area (Å²) in [7, 11) is 1.63. The van der Waals surface area contributed by atoms with Gasteiger partial charge < -0.3 is 20.1 Å². The largest absolute Gasteiger partial charge is 0.497 e. The van der Waals surface area contributed by atoms with Gasteiger partial charge >= 0.3 is 0 Å². The SMILES string of the molecule is COc1ccc(Oc2ccc(C(=O)N[C@@H]3C[C@H]4CC[C@@H]3N4)cc2)cc1. The molecule has 2 aromatic carbocycles. The summed E-state index contributed by atoms with van der Waals surface area (Å²) < 4.78 is 10.9. The van der Waals surface area contributed by atoms with E-state index in [-0.39, 0.29) is 11.9 Å². The first-order valence-electron chi connectivity index (χ1n) is 8.70. The smallest absolute Gasteiger partial charge is 0.251 e. The first kappa shape index (κ1) is 16.0. The molecule has 4 rings (SSSR count). The number of methoxy groups -OCH3 is 1. The summed E-state index contributed by atoms with van der Waals surface area (Å²) in [6.07, 6.45) is 3.42. The van der Waals surface area contributed by atoms with E-state index < -0.39 is 0 Å². The van der Waals surface area contributed by atoms with Crippen LogP contribution in [0.2, 0.25) is 0 Å². The van der Waals surface area contributed by atoms with Crippen LogP contribution in [0, 0.1) is 0 Å². The molecule has 2 saturated heterocycles. The molecule has 2 N–H and O–H groups in total. The number of rotatable bonds is 5. The van der Waals surface area contributed by atoms with E-state index in [1.165, 1.54) is 6.42 Å². The predicted octanol–water partition coefficient (Wildman–Crippen LogP) is 3.11. The summed E-state index contributed by atoms with van der Waals surface area (Å²) in [5, 5.41) is 6.69. The monoisotopic (exact) mass is 338 g/mol. The average molecular weight is 338 g/mol. The van der Waals surface area contributed by atoms with Crippen LogP contribution in [0.1, 0.15) is 29.6 Å². The predicted molar refractivity (Wildman–Crippen MR) is 95.3 cm³/mol. The minimum Gasteiger partial charge on any atom is -0.497 e. The Hall–Kier alpha value is -2.53. The molecule has 2 aliphatic heterocycles. The van der Waals surface area contributed by atoms with Gasteiger partial charge in [-0.1, -0.05) is 0 Å². The van der Waals surface area contributed by atoms with Crippen molar-refractivity contribution in [3.8, 4) is 17.2 Å². The Kier molecular flexibility index (Phi) is 4.32. The number of hydrogen-bond acceptors (Lipinski definition) is 4. The van der Waals surface area contributed by atoms with Crippen LogP contribution in [0.25, 0.3) is 0 Å². The highest BCUT2D eigenvalue weighted by molar-refractivity contribution is 5.94. The van der Waals surface area contributed by atoms with Gasteiger partial charge in [0.25, 0.3) is 5.91 Å². The van der Waals surface area contributed by atoms with Crippen molar-refractivity contribution >= 4 is 5.91 Å². The van der Waals surface area contributed by atoms with Gasteiger partial charge in [0.05, 0.1) is 7.11 Å². The van der Waals surface area contributed by atoms with E-state index in [1.807, 2.05) is 36.4 Å². The van der Waals surface area contributed by atoms with Crippen LogP contribution in [0.15, 0.2) is 48.5 Å². The van der Waals surface area contributed by atoms with Crippen LogP contribution in [-0.2, 0) is 0 Å². The molecule has 0 aliphatic carbocycles. The number of benzene rings is 2. The standard InChI is InChI=1S/C20H22N2O3/c1-24-15-7-9-17(10-8-15)25-16-5-2-13(3-6-16)20(23)22-19-12-14-4-11-18(19)21-14/h2-3,5-10,14,18-19,21H,4,11-12H2,1H3,(H,22,23)/t14-,18+,19-/m1/s1. The maximum absolute atomic E-state index is 12.4. The molecule has 0 aromatic heterocycles. The molecule has 0 saturated carbocycles. The van der Waals surface area contributed by atoms with Gasteiger partial charge in [0, 0.05) is 23.7 Å². The molecule has 1 amide bonds. The molecular weight excluding hydrogens is 316 g/mol. The van der Waals surface area contributed by atoms with Gasteiger partial charge in [0.2, 0.25) is 0 Å². The molecule has 2 heterocycles. The summed E-state index contributed by atoms with van der Waals surface area (Å²) >= 11 is 0. The maximum atomic E-state index is 12.4. The third-order valence-electron chi connectivity index (χ3n) is 5.03. The summed E-state index contributed by atoms with van der Waals surface area (Å²) in [4.78, 5) is 12.4. The topological polar surface area (TPSA) is 59.6 Å². The highest BCUT2D eigenvalue weighted by atomic mass is 16.5. The van der Waals surface area contributed by atoms with E-state index in [0.29, 0.717) is 23.4 Å². The number of fused-ring (bicyclic) bond motifs is 2. The highest BCUT2D eigenvalue weighted by Crippen LogP contribution is 2.28. The lowest BCUT2D eigenvalue weighted by atomic mass is 9.95. The fourth-order valence-electron chi connectivity index (χ4n) is 3.69. The average Bonchev–Trinajstić information content (AvgIpc) is 3.26. The first-order valence-corrected chi connectivity index (χ1v) is 8.70. The van der Waals surface area contributed by atoms with Gasteiger partial charge in [-0.3, -0.25) is 4.79 Å². The number of amides is 1. The molecule has 25 heavy (non-hydrogen) atoms.